The maximum Gasteiger partial charge on any atom is 0.330 e. The van der Waals surface area contributed by atoms with Gasteiger partial charge >= 0.3 is 5.97 Å². The highest BCUT2D eigenvalue weighted by atomic mass is 16.5. The van der Waals surface area contributed by atoms with Crippen molar-refractivity contribution < 1.29 is 9.53 Å². The van der Waals surface area contributed by atoms with E-state index in [1.54, 1.807) is 13.0 Å². The second-order valence-electron chi connectivity index (χ2n) is 6.04. The van der Waals surface area contributed by atoms with E-state index in [1.165, 1.54) is 17.7 Å². The molecule has 0 fully saturated rings. The molecule has 3 rings (SSSR count). The van der Waals surface area contributed by atoms with Gasteiger partial charge in [0.25, 0.3) is 0 Å². The van der Waals surface area contributed by atoms with Gasteiger partial charge in [-0.25, -0.2) is 4.79 Å². The van der Waals surface area contributed by atoms with Crippen LogP contribution >= 0.6 is 0 Å². The van der Waals surface area contributed by atoms with Crippen LogP contribution in [0.2, 0.25) is 0 Å². The number of rotatable bonds is 2. The SMILES string of the molecule is CCOC(=O)/C=C1\[C@@H]2C=C(C)C[C@@]1(N)c1ccc(=O)[nH]c1C2. The number of ether oxygens (including phenoxy) is 1. The third-order valence-corrected chi connectivity index (χ3v) is 4.42. The number of H-pyrrole nitrogens is 1. The van der Waals surface area contributed by atoms with E-state index in [2.05, 4.69) is 11.1 Å². The summed E-state index contributed by atoms with van der Waals surface area (Å²) in [5.41, 5.74) is 9.65. The predicted molar refractivity (Wildman–Crippen MR) is 83.2 cm³/mol. The minimum Gasteiger partial charge on any atom is -0.463 e. The molecule has 22 heavy (non-hydrogen) atoms. The van der Waals surface area contributed by atoms with Gasteiger partial charge in [-0.2, -0.15) is 0 Å². The molecule has 0 spiro atoms. The fourth-order valence-electron chi connectivity index (χ4n) is 3.65. The van der Waals surface area contributed by atoms with Gasteiger partial charge in [0.15, 0.2) is 0 Å². The van der Waals surface area contributed by atoms with Crippen LogP contribution in [0.3, 0.4) is 0 Å². The lowest BCUT2D eigenvalue weighted by Gasteiger charge is -2.45. The van der Waals surface area contributed by atoms with Crippen LogP contribution in [0.15, 0.2) is 40.2 Å². The molecule has 5 nitrogen and oxygen atoms in total. The molecule has 2 atom stereocenters. The number of aromatic nitrogens is 1. The molecule has 1 aromatic rings. The van der Waals surface area contributed by atoms with Gasteiger partial charge in [-0.05, 0) is 43.9 Å². The molecule has 1 aromatic heterocycles. The summed E-state index contributed by atoms with van der Waals surface area (Å²) in [6, 6.07) is 3.27. The molecule has 1 heterocycles. The molecule has 0 aliphatic heterocycles. The van der Waals surface area contributed by atoms with Gasteiger partial charge < -0.3 is 15.5 Å². The normalized spacial score (nSPS) is 28.0. The quantitative estimate of drug-likeness (QED) is 0.493. The molecular weight excluding hydrogens is 280 g/mol. The number of carbonyl (C=O) groups is 1. The van der Waals surface area contributed by atoms with Crippen molar-refractivity contribution in [2.24, 2.45) is 11.7 Å². The van der Waals surface area contributed by atoms with Crippen LogP contribution in [-0.4, -0.2) is 17.6 Å². The van der Waals surface area contributed by atoms with Gasteiger partial charge in [-0.15, -0.1) is 0 Å². The fourth-order valence-corrected chi connectivity index (χ4v) is 3.65. The van der Waals surface area contributed by atoms with E-state index < -0.39 is 5.54 Å². The average molecular weight is 300 g/mol. The Kier molecular flexibility index (Phi) is 3.53. The van der Waals surface area contributed by atoms with Crippen LogP contribution in [0.25, 0.3) is 0 Å². The third-order valence-electron chi connectivity index (χ3n) is 4.42. The predicted octanol–water partition coefficient (Wildman–Crippen LogP) is 1.54. The molecule has 0 unspecified atom stereocenters. The number of allylic oxidation sites excluding steroid dienone is 1. The minimum atomic E-state index is -0.756. The van der Waals surface area contributed by atoms with Crippen molar-refractivity contribution >= 4 is 5.97 Å². The Labute approximate surface area is 128 Å². The Bertz CT molecular complexity index is 745. The van der Waals surface area contributed by atoms with Crippen LogP contribution in [0.5, 0.6) is 0 Å². The van der Waals surface area contributed by atoms with Crippen molar-refractivity contribution in [2.45, 2.75) is 32.2 Å². The molecule has 2 bridgehead atoms. The number of nitrogens with one attached hydrogen (secondary N) is 1. The van der Waals surface area contributed by atoms with E-state index in [1.807, 2.05) is 6.92 Å². The number of aromatic amines is 1. The van der Waals surface area contributed by atoms with Gasteiger partial charge in [-0.3, -0.25) is 4.79 Å². The van der Waals surface area contributed by atoms with Crippen LogP contribution in [0.1, 0.15) is 31.5 Å². The van der Waals surface area contributed by atoms with Crippen LogP contribution < -0.4 is 11.3 Å². The molecule has 2 aliphatic rings. The standard InChI is InChI=1S/C17H20N2O3/c1-3-22-16(21)8-13-11-6-10(2)9-17(13,18)12-4-5-15(20)19-14(12)7-11/h4-6,8,11H,3,7,9,18H2,1-2H3,(H,19,20)/b13-8+/t11-,17-/m1/s1. The van der Waals surface area contributed by atoms with Gasteiger partial charge in [0.1, 0.15) is 0 Å². The van der Waals surface area contributed by atoms with Crippen LogP contribution in [-0.2, 0) is 21.5 Å². The first-order valence-corrected chi connectivity index (χ1v) is 7.51. The molecule has 0 saturated heterocycles. The van der Waals surface area contributed by atoms with Crippen molar-refractivity contribution in [3.8, 4) is 0 Å². The van der Waals surface area contributed by atoms with E-state index in [9.17, 15) is 9.59 Å². The Morgan fingerprint density at radius 2 is 2.32 bits per heavy atom. The molecule has 3 N–H and O–H groups in total. The average Bonchev–Trinajstić information content (AvgIpc) is 2.41. The molecule has 5 heteroatoms. The summed E-state index contributed by atoms with van der Waals surface area (Å²) in [4.78, 5) is 26.4. The first-order valence-electron chi connectivity index (χ1n) is 7.51. The maximum atomic E-state index is 11.9. The lowest BCUT2D eigenvalue weighted by molar-refractivity contribution is -0.137. The van der Waals surface area contributed by atoms with E-state index in [-0.39, 0.29) is 17.4 Å². The number of hydrogen-bond acceptors (Lipinski definition) is 4. The fraction of sp³-hybridized carbons (Fsp3) is 0.412. The number of carbonyl (C=O) groups excluding carboxylic acids is 1. The number of pyridine rings is 1. The Morgan fingerprint density at radius 3 is 3.05 bits per heavy atom. The first kappa shape index (κ1) is 14.8. The number of fused-ring (bicyclic) bond motifs is 4. The molecule has 0 amide bonds. The molecular formula is C17H20N2O3. The van der Waals surface area contributed by atoms with Crippen molar-refractivity contribution in [3.05, 3.63) is 57.0 Å². The maximum absolute atomic E-state index is 11.9. The first-order chi connectivity index (χ1) is 10.4. The minimum absolute atomic E-state index is 0.0220. The highest BCUT2D eigenvalue weighted by molar-refractivity contribution is 5.84. The molecule has 0 saturated carbocycles. The number of hydrogen-bond donors (Lipinski definition) is 2. The van der Waals surface area contributed by atoms with Gasteiger partial charge in [0, 0.05) is 23.8 Å². The highest BCUT2D eigenvalue weighted by Gasteiger charge is 2.44. The molecule has 0 radical (unpaired) electrons. The van der Waals surface area contributed by atoms with E-state index in [0.29, 0.717) is 19.4 Å². The zero-order valence-electron chi connectivity index (χ0n) is 12.8. The smallest absolute Gasteiger partial charge is 0.330 e. The van der Waals surface area contributed by atoms with E-state index in [4.69, 9.17) is 10.5 Å². The summed E-state index contributed by atoms with van der Waals surface area (Å²) in [5.74, 6) is -0.341. The topological polar surface area (TPSA) is 85.2 Å². The van der Waals surface area contributed by atoms with Crippen molar-refractivity contribution in [1.29, 1.82) is 0 Å². The molecule has 0 aromatic carbocycles. The molecule has 116 valence electrons. The van der Waals surface area contributed by atoms with Crippen LogP contribution in [0.4, 0.5) is 0 Å². The Morgan fingerprint density at radius 1 is 1.55 bits per heavy atom. The number of esters is 1. The highest BCUT2D eigenvalue weighted by Crippen LogP contribution is 2.47. The zero-order valence-corrected chi connectivity index (χ0v) is 12.8. The lowest BCUT2D eigenvalue weighted by Crippen LogP contribution is -2.48. The summed E-state index contributed by atoms with van der Waals surface area (Å²) in [5, 5.41) is 0. The molecule has 2 aliphatic carbocycles. The summed E-state index contributed by atoms with van der Waals surface area (Å²) in [7, 11) is 0. The summed E-state index contributed by atoms with van der Waals surface area (Å²) < 4.78 is 5.04. The lowest BCUT2D eigenvalue weighted by atomic mass is 9.63. The monoisotopic (exact) mass is 300 g/mol. The van der Waals surface area contributed by atoms with Gasteiger partial charge in [-0.1, -0.05) is 11.6 Å². The zero-order chi connectivity index (χ0) is 15.9. The van der Waals surface area contributed by atoms with E-state index in [0.717, 1.165) is 16.8 Å². The second-order valence-corrected chi connectivity index (χ2v) is 6.04. The number of nitrogens with two attached hydrogens (primary N) is 1. The summed E-state index contributed by atoms with van der Waals surface area (Å²) >= 11 is 0. The van der Waals surface area contributed by atoms with Gasteiger partial charge in [0.05, 0.1) is 12.1 Å². The van der Waals surface area contributed by atoms with E-state index >= 15 is 0 Å². The summed E-state index contributed by atoms with van der Waals surface area (Å²) in [6.45, 7) is 4.16. The largest absolute Gasteiger partial charge is 0.463 e. The van der Waals surface area contributed by atoms with Crippen LogP contribution in [0, 0.1) is 5.92 Å². The van der Waals surface area contributed by atoms with Crippen molar-refractivity contribution in [1.82, 2.24) is 4.98 Å². The van der Waals surface area contributed by atoms with Gasteiger partial charge in [0.2, 0.25) is 5.56 Å². The van der Waals surface area contributed by atoms with Crippen molar-refractivity contribution in [3.63, 3.8) is 0 Å². The second kappa shape index (κ2) is 5.25. The summed E-state index contributed by atoms with van der Waals surface area (Å²) in [6.07, 6.45) is 4.94. The Balaban J connectivity index is 2.16. The Hall–Kier alpha value is -2.14. The van der Waals surface area contributed by atoms with Crippen molar-refractivity contribution in [2.75, 3.05) is 6.61 Å². The third kappa shape index (κ3) is 2.31.